The van der Waals surface area contributed by atoms with E-state index in [0.717, 1.165) is 53.2 Å². The van der Waals surface area contributed by atoms with E-state index in [2.05, 4.69) is 24.4 Å². The van der Waals surface area contributed by atoms with Crippen LogP contribution in [0.1, 0.15) is 54.9 Å². The third-order valence-corrected chi connectivity index (χ3v) is 7.05. The number of carbonyl (C=O) groups is 1. The van der Waals surface area contributed by atoms with Gasteiger partial charge < -0.3 is 19.5 Å². The van der Waals surface area contributed by atoms with Crippen molar-refractivity contribution >= 4 is 11.6 Å². The number of nitrogens with zero attached hydrogens (tertiary/aromatic N) is 1. The summed E-state index contributed by atoms with van der Waals surface area (Å²) in [6.45, 7) is 3.59. The molecule has 4 rings (SSSR count). The standard InChI is InChI=1S/C33H40N2O4/c1-4-5-6-10-19-39-27-15-13-25(14-16-27)21-32(36)35-29(20-24-11-8-7-9-12-24)33-28-23-31(38-3)30(37-2)22-26(28)17-18-34-33/h7-9,11-16,22-23,29H,4-6,10,17-21H2,1-3H3,(H,35,36)/t29-/m0/s1. The molecule has 0 unspecified atom stereocenters. The first kappa shape index (κ1) is 28.2. The zero-order chi connectivity index (χ0) is 27.5. The van der Waals surface area contributed by atoms with Gasteiger partial charge in [0.25, 0.3) is 0 Å². The molecule has 39 heavy (non-hydrogen) atoms. The third kappa shape index (κ3) is 7.85. The summed E-state index contributed by atoms with van der Waals surface area (Å²) in [6.07, 6.45) is 6.45. The molecule has 0 radical (unpaired) electrons. The molecule has 3 aromatic carbocycles. The molecule has 206 valence electrons. The lowest BCUT2D eigenvalue weighted by molar-refractivity contribution is -0.120. The molecule has 0 spiro atoms. The van der Waals surface area contributed by atoms with Crippen LogP contribution in [-0.2, 0) is 24.1 Å². The molecule has 1 heterocycles. The average Bonchev–Trinajstić information content (AvgIpc) is 2.97. The van der Waals surface area contributed by atoms with Crippen molar-refractivity contribution in [3.63, 3.8) is 0 Å². The van der Waals surface area contributed by atoms with E-state index < -0.39 is 0 Å². The zero-order valence-corrected chi connectivity index (χ0v) is 23.4. The quantitative estimate of drug-likeness (QED) is 0.262. The number of rotatable bonds is 14. The maximum absolute atomic E-state index is 13.3. The normalized spacial score (nSPS) is 13.2. The molecule has 3 aromatic rings. The van der Waals surface area contributed by atoms with Gasteiger partial charge in [-0.25, -0.2) is 0 Å². The summed E-state index contributed by atoms with van der Waals surface area (Å²) in [5, 5.41) is 3.29. The van der Waals surface area contributed by atoms with E-state index >= 15 is 0 Å². The fraction of sp³-hybridized carbons (Fsp3) is 0.394. The van der Waals surface area contributed by atoms with Gasteiger partial charge in [-0.1, -0.05) is 68.7 Å². The number of methoxy groups -OCH3 is 2. The van der Waals surface area contributed by atoms with E-state index in [4.69, 9.17) is 19.2 Å². The molecule has 0 bridgehead atoms. The molecule has 1 aliphatic rings. The highest BCUT2D eigenvalue weighted by atomic mass is 16.5. The lowest BCUT2D eigenvalue weighted by atomic mass is 9.90. The lowest BCUT2D eigenvalue weighted by Crippen LogP contribution is -2.44. The highest BCUT2D eigenvalue weighted by Crippen LogP contribution is 2.33. The summed E-state index contributed by atoms with van der Waals surface area (Å²) in [7, 11) is 3.28. The molecule has 1 N–H and O–H groups in total. The monoisotopic (exact) mass is 528 g/mol. The van der Waals surface area contributed by atoms with Crippen LogP contribution in [0, 0.1) is 0 Å². The van der Waals surface area contributed by atoms with Gasteiger partial charge in [-0.3, -0.25) is 9.79 Å². The van der Waals surface area contributed by atoms with Gasteiger partial charge in [-0.15, -0.1) is 0 Å². The lowest BCUT2D eigenvalue weighted by Gasteiger charge is -2.27. The smallest absolute Gasteiger partial charge is 0.224 e. The molecule has 6 heteroatoms. The largest absolute Gasteiger partial charge is 0.494 e. The van der Waals surface area contributed by atoms with Crippen molar-refractivity contribution in [1.82, 2.24) is 5.32 Å². The summed E-state index contributed by atoms with van der Waals surface area (Å²) in [4.78, 5) is 18.2. The Morgan fingerprint density at radius 3 is 2.38 bits per heavy atom. The van der Waals surface area contributed by atoms with Gasteiger partial charge in [0.05, 0.1) is 39.0 Å². The Morgan fingerprint density at radius 2 is 1.67 bits per heavy atom. The first-order valence-corrected chi connectivity index (χ1v) is 14.0. The van der Waals surface area contributed by atoms with Gasteiger partial charge in [-0.05, 0) is 60.2 Å². The summed E-state index contributed by atoms with van der Waals surface area (Å²) >= 11 is 0. The number of hydrogen-bond donors (Lipinski definition) is 1. The highest BCUT2D eigenvalue weighted by Gasteiger charge is 2.26. The van der Waals surface area contributed by atoms with E-state index in [1.54, 1.807) is 14.2 Å². The Hall–Kier alpha value is -3.80. The van der Waals surface area contributed by atoms with Crippen molar-refractivity contribution in [2.45, 2.75) is 57.9 Å². The maximum atomic E-state index is 13.3. The van der Waals surface area contributed by atoms with E-state index in [1.807, 2.05) is 54.6 Å². The van der Waals surface area contributed by atoms with Gasteiger partial charge in [-0.2, -0.15) is 0 Å². The van der Waals surface area contributed by atoms with Crippen molar-refractivity contribution in [2.75, 3.05) is 27.4 Å². The molecular weight excluding hydrogens is 488 g/mol. The Morgan fingerprint density at radius 1 is 0.923 bits per heavy atom. The van der Waals surface area contributed by atoms with E-state index in [9.17, 15) is 4.79 Å². The van der Waals surface area contributed by atoms with Crippen LogP contribution in [0.25, 0.3) is 0 Å². The molecule has 1 aliphatic heterocycles. The van der Waals surface area contributed by atoms with E-state index in [1.165, 1.54) is 19.3 Å². The van der Waals surface area contributed by atoms with Crippen LogP contribution in [0.4, 0.5) is 0 Å². The predicted octanol–water partition coefficient (Wildman–Crippen LogP) is 5.98. The minimum absolute atomic E-state index is 0.0422. The van der Waals surface area contributed by atoms with E-state index in [0.29, 0.717) is 24.5 Å². The number of ether oxygens (including phenoxy) is 3. The first-order valence-electron chi connectivity index (χ1n) is 14.0. The van der Waals surface area contributed by atoms with Gasteiger partial charge in [0, 0.05) is 12.1 Å². The summed E-state index contributed by atoms with van der Waals surface area (Å²) in [5.41, 5.74) is 5.11. The average molecular weight is 529 g/mol. The summed E-state index contributed by atoms with van der Waals surface area (Å²) in [6, 6.07) is 21.8. The molecule has 1 amide bonds. The minimum Gasteiger partial charge on any atom is -0.494 e. The highest BCUT2D eigenvalue weighted by molar-refractivity contribution is 6.08. The fourth-order valence-corrected chi connectivity index (χ4v) is 4.97. The van der Waals surface area contributed by atoms with Gasteiger partial charge in [0.15, 0.2) is 11.5 Å². The zero-order valence-electron chi connectivity index (χ0n) is 23.4. The second-order valence-corrected chi connectivity index (χ2v) is 9.92. The van der Waals surface area contributed by atoms with Gasteiger partial charge in [0.1, 0.15) is 5.75 Å². The number of unbranched alkanes of at least 4 members (excludes halogenated alkanes) is 3. The van der Waals surface area contributed by atoms with Crippen molar-refractivity contribution in [3.8, 4) is 17.2 Å². The number of hydrogen-bond acceptors (Lipinski definition) is 5. The first-order chi connectivity index (χ1) is 19.1. The number of fused-ring (bicyclic) bond motifs is 1. The minimum atomic E-state index is -0.275. The Balaban J connectivity index is 1.48. The van der Waals surface area contributed by atoms with Crippen molar-refractivity contribution < 1.29 is 19.0 Å². The van der Waals surface area contributed by atoms with Crippen molar-refractivity contribution in [1.29, 1.82) is 0 Å². The maximum Gasteiger partial charge on any atom is 0.224 e. The Bertz CT molecular complexity index is 1240. The van der Waals surface area contributed by atoms with Gasteiger partial charge >= 0.3 is 0 Å². The second-order valence-electron chi connectivity index (χ2n) is 9.92. The number of amides is 1. The van der Waals surface area contributed by atoms with Gasteiger partial charge in [0.2, 0.25) is 5.91 Å². The number of aliphatic imine (C=N–C) groups is 1. The van der Waals surface area contributed by atoms with Crippen LogP contribution in [0.5, 0.6) is 17.2 Å². The molecule has 0 saturated heterocycles. The number of nitrogens with one attached hydrogen (secondary N) is 1. The molecule has 6 nitrogen and oxygen atoms in total. The second kappa shape index (κ2) is 14.4. The Kier molecular flexibility index (Phi) is 10.4. The molecule has 1 atom stereocenters. The van der Waals surface area contributed by atoms with Crippen LogP contribution in [0.15, 0.2) is 71.7 Å². The third-order valence-electron chi connectivity index (χ3n) is 7.05. The molecular formula is C33H40N2O4. The number of carbonyl (C=O) groups excluding carboxylic acids is 1. The molecule has 0 aromatic heterocycles. The SMILES string of the molecule is CCCCCCOc1ccc(CC(=O)N[C@@H](Cc2ccccc2)C2=NCCc3cc(OC)c(OC)cc32)cc1. The molecule has 0 fully saturated rings. The van der Waals surface area contributed by atoms with Crippen LogP contribution in [0.3, 0.4) is 0 Å². The Labute approximate surface area is 232 Å². The van der Waals surface area contributed by atoms with Crippen molar-refractivity contribution in [2.24, 2.45) is 4.99 Å². The van der Waals surface area contributed by atoms with Crippen LogP contribution in [-0.4, -0.2) is 45.0 Å². The van der Waals surface area contributed by atoms with E-state index in [-0.39, 0.29) is 18.4 Å². The molecule has 0 saturated carbocycles. The number of benzene rings is 3. The summed E-state index contributed by atoms with van der Waals surface area (Å²) < 4.78 is 17.0. The predicted molar refractivity (Wildman–Crippen MR) is 157 cm³/mol. The van der Waals surface area contributed by atoms with Crippen molar-refractivity contribution in [3.05, 3.63) is 89.0 Å². The van der Waals surface area contributed by atoms with Crippen LogP contribution >= 0.6 is 0 Å². The van der Waals surface area contributed by atoms with Crippen LogP contribution < -0.4 is 19.5 Å². The fourth-order valence-electron chi connectivity index (χ4n) is 4.97. The molecule has 0 aliphatic carbocycles. The summed E-state index contributed by atoms with van der Waals surface area (Å²) in [5.74, 6) is 2.16. The topological polar surface area (TPSA) is 69.2 Å². The van der Waals surface area contributed by atoms with Crippen LogP contribution in [0.2, 0.25) is 0 Å².